The molecule has 3 rings (SSSR count). The van der Waals surface area contributed by atoms with Gasteiger partial charge in [0.1, 0.15) is 22.3 Å². The number of nitrogens with one attached hydrogen (secondary N) is 2. The maximum Gasteiger partial charge on any atom is 0.214 e. The summed E-state index contributed by atoms with van der Waals surface area (Å²) in [6, 6.07) is 3.15. The fourth-order valence-corrected chi connectivity index (χ4v) is 6.69. The molecule has 35 heavy (non-hydrogen) atoms. The van der Waals surface area contributed by atoms with Crippen LogP contribution in [0.5, 0.6) is 0 Å². The number of halogens is 2. The number of nitrogen functional groups attached to an aromatic ring is 1. The van der Waals surface area contributed by atoms with E-state index in [1.165, 1.54) is 10.4 Å². The fourth-order valence-electron chi connectivity index (χ4n) is 3.81. The first-order valence-corrected chi connectivity index (χ1v) is 15.2. The molecular formula is C22H31F2N5O3S3. The Balaban J connectivity index is 1.49. The first kappa shape index (κ1) is 27.8. The highest BCUT2D eigenvalue weighted by molar-refractivity contribution is 7.98. The van der Waals surface area contributed by atoms with Gasteiger partial charge in [-0.1, -0.05) is 17.4 Å². The van der Waals surface area contributed by atoms with Crippen molar-refractivity contribution in [1.82, 2.24) is 14.6 Å². The minimum atomic E-state index is -3.32. The van der Waals surface area contributed by atoms with Crippen LogP contribution in [0.4, 0.5) is 19.7 Å². The molecule has 1 aromatic heterocycles. The van der Waals surface area contributed by atoms with E-state index in [0.717, 1.165) is 42.2 Å². The van der Waals surface area contributed by atoms with E-state index in [1.54, 1.807) is 11.8 Å². The number of carbonyl (C=O) groups is 1. The Labute approximate surface area is 213 Å². The van der Waals surface area contributed by atoms with Gasteiger partial charge in [-0.3, -0.25) is 4.79 Å². The van der Waals surface area contributed by atoms with E-state index in [2.05, 4.69) is 21.9 Å². The van der Waals surface area contributed by atoms with E-state index in [4.69, 9.17) is 5.73 Å². The Kier molecular flexibility index (Phi) is 10.3. The predicted octanol–water partition coefficient (Wildman–Crippen LogP) is 3.17. The quantitative estimate of drug-likeness (QED) is 0.259. The zero-order valence-electron chi connectivity index (χ0n) is 19.6. The zero-order chi connectivity index (χ0) is 25.4. The molecule has 0 unspecified atom stereocenters. The van der Waals surface area contributed by atoms with E-state index in [-0.39, 0.29) is 22.5 Å². The molecule has 1 aromatic carbocycles. The second-order valence-electron chi connectivity index (χ2n) is 8.24. The molecule has 1 fully saturated rings. The van der Waals surface area contributed by atoms with Crippen molar-refractivity contribution in [2.24, 2.45) is 0 Å². The van der Waals surface area contributed by atoms with Gasteiger partial charge in [0.2, 0.25) is 15.8 Å². The van der Waals surface area contributed by atoms with Gasteiger partial charge in [0, 0.05) is 19.1 Å². The number of rotatable bonds is 13. The summed E-state index contributed by atoms with van der Waals surface area (Å²) < 4.78 is 54.8. The Bertz CT molecular complexity index is 1090. The summed E-state index contributed by atoms with van der Waals surface area (Å²) >= 11 is 2.72. The van der Waals surface area contributed by atoms with Crippen LogP contribution in [-0.2, 0) is 10.0 Å². The molecule has 1 aliphatic heterocycles. The van der Waals surface area contributed by atoms with Crippen molar-refractivity contribution in [1.29, 1.82) is 0 Å². The average Bonchev–Trinajstić information content (AvgIpc) is 3.18. The average molecular weight is 548 g/mol. The van der Waals surface area contributed by atoms with Crippen LogP contribution < -0.4 is 16.4 Å². The number of aromatic nitrogens is 1. The second-order valence-corrected chi connectivity index (χ2v) is 12.3. The van der Waals surface area contributed by atoms with Gasteiger partial charge in [-0.25, -0.2) is 26.5 Å². The number of carbonyl (C=O) groups excluding carboxylic acids is 1. The van der Waals surface area contributed by atoms with E-state index < -0.39 is 33.0 Å². The van der Waals surface area contributed by atoms with Gasteiger partial charge in [-0.05, 0) is 62.9 Å². The molecule has 0 bridgehead atoms. The summed E-state index contributed by atoms with van der Waals surface area (Å²) in [6.07, 6.45) is 4.83. The Morgan fingerprint density at radius 1 is 1.23 bits per heavy atom. The van der Waals surface area contributed by atoms with Crippen molar-refractivity contribution in [3.8, 4) is 0 Å². The normalized spacial score (nSPS) is 15.4. The minimum Gasteiger partial charge on any atom is -0.382 e. The monoisotopic (exact) mass is 547 g/mol. The smallest absolute Gasteiger partial charge is 0.214 e. The van der Waals surface area contributed by atoms with Crippen LogP contribution in [0.25, 0.3) is 0 Å². The SMILES string of the molecule is CSCCCNCCCS(=O)(=O)N1CCC(Nc2nc(N)c(C(=O)c3c(F)cccc3F)s2)CC1. The Morgan fingerprint density at radius 2 is 1.89 bits per heavy atom. The molecule has 0 aliphatic carbocycles. The summed E-state index contributed by atoms with van der Waals surface area (Å²) in [4.78, 5) is 16.7. The molecule has 4 N–H and O–H groups in total. The molecule has 0 spiro atoms. The topological polar surface area (TPSA) is 117 Å². The molecule has 2 aromatic rings. The summed E-state index contributed by atoms with van der Waals surface area (Å²) in [7, 11) is -3.32. The largest absolute Gasteiger partial charge is 0.382 e. The number of anilines is 2. The Hall–Kier alpha value is -1.80. The lowest BCUT2D eigenvalue weighted by atomic mass is 10.1. The third kappa shape index (κ3) is 7.59. The van der Waals surface area contributed by atoms with E-state index in [0.29, 0.717) is 44.0 Å². The van der Waals surface area contributed by atoms with E-state index in [1.807, 2.05) is 0 Å². The molecule has 1 saturated heterocycles. The van der Waals surface area contributed by atoms with Crippen molar-refractivity contribution < 1.29 is 22.0 Å². The standard InChI is InChI=1S/C22H31F2N5O3S3/c1-33-13-3-9-26-10-4-14-35(31,32)29-11-7-15(8-12-29)27-22-28-21(25)20(34-22)19(30)18-16(23)5-2-6-17(18)24/h2,5-6,15,26H,3-4,7-14,25H2,1H3,(H,27,28). The van der Waals surface area contributed by atoms with Crippen LogP contribution in [0, 0.1) is 11.6 Å². The molecule has 0 amide bonds. The highest BCUT2D eigenvalue weighted by Gasteiger charge is 2.29. The van der Waals surface area contributed by atoms with Crippen molar-refractivity contribution in [2.75, 3.05) is 55.0 Å². The number of hydrogen-bond acceptors (Lipinski definition) is 9. The summed E-state index contributed by atoms with van der Waals surface area (Å²) in [5, 5.41) is 6.81. The maximum absolute atomic E-state index is 14.0. The lowest BCUT2D eigenvalue weighted by molar-refractivity contribution is 0.103. The van der Waals surface area contributed by atoms with Crippen LogP contribution in [0.15, 0.2) is 18.2 Å². The molecule has 194 valence electrons. The first-order chi connectivity index (χ1) is 16.7. The number of nitrogens with zero attached hydrogens (tertiary/aromatic N) is 2. The third-order valence-corrected chi connectivity index (χ3v) is 9.34. The van der Waals surface area contributed by atoms with Gasteiger partial charge in [0.05, 0.1) is 11.3 Å². The highest BCUT2D eigenvalue weighted by Crippen LogP contribution is 2.30. The number of ketones is 1. The first-order valence-electron chi connectivity index (χ1n) is 11.4. The van der Waals surface area contributed by atoms with Gasteiger partial charge in [0.25, 0.3) is 0 Å². The zero-order valence-corrected chi connectivity index (χ0v) is 22.0. The fraction of sp³-hybridized carbons (Fsp3) is 0.545. The van der Waals surface area contributed by atoms with Gasteiger partial charge in [-0.2, -0.15) is 11.8 Å². The van der Waals surface area contributed by atoms with E-state index >= 15 is 0 Å². The molecule has 0 radical (unpaired) electrons. The van der Waals surface area contributed by atoms with Crippen molar-refractivity contribution in [3.63, 3.8) is 0 Å². The number of sulfonamides is 1. The van der Waals surface area contributed by atoms with Crippen LogP contribution in [-0.4, -0.2) is 73.5 Å². The molecule has 13 heteroatoms. The maximum atomic E-state index is 14.0. The number of nitrogens with two attached hydrogens (primary N) is 1. The molecule has 0 atom stereocenters. The molecular weight excluding hydrogens is 516 g/mol. The number of thioether (sulfide) groups is 1. The van der Waals surface area contributed by atoms with Crippen molar-refractivity contribution in [2.45, 2.75) is 31.7 Å². The van der Waals surface area contributed by atoms with Gasteiger partial charge < -0.3 is 16.4 Å². The number of hydrogen-bond donors (Lipinski definition) is 3. The van der Waals surface area contributed by atoms with Crippen molar-refractivity contribution >= 4 is 49.9 Å². The number of thiazole rings is 1. The van der Waals surface area contributed by atoms with Crippen molar-refractivity contribution in [3.05, 3.63) is 40.3 Å². The molecule has 8 nitrogen and oxygen atoms in total. The van der Waals surface area contributed by atoms with Crippen LogP contribution in [0.3, 0.4) is 0 Å². The highest BCUT2D eigenvalue weighted by atomic mass is 32.2. The molecule has 2 heterocycles. The lowest BCUT2D eigenvalue weighted by Gasteiger charge is -2.31. The molecule has 1 aliphatic rings. The van der Waals surface area contributed by atoms with Gasteiger partial charge >= 0.3 is 0 Å². The predicted molar refractivity (Wildman–Crippen MR) is 139 cm³/mol. The minimum absolute atomic E-state index is 0.0430. The summed E-state index contributed by atoms with van der Waals surface area (Å²) in [6.45, 7) is 2.33. The lowest BCUT2D eigenvalue weighted by Crippen LogP contribution is -2.43. The third-order valence-electron chi connectivity index (χ3n) is 5.68. The summed E-state index contributed by atoms with van der Waals surface area (Å²) in [5.74, 6) is -1.68. The molecule has 0 saturated carbocycles. The van der Waals surface area contributed by atoms with Gasteiger partial charge in [-0.15, -0.1) is 0 Å². The van der Waals surface area contributed by atoms with Crippen LogP contribution in [0.2, 0.25) is 0 Å². The summed E-state index contributed by atoms with van der Waals surface area (Å²) in [5.41, 5.74) is 5.19. The number of piperidine rings is 1. The van der Waals surface area contributed by atoms with Gasteiger partial charge in [0.15, 0.2) is 5.13 Å². The second kappa shape index (κ2) is 12.9. The Morgan fingerprint density at radius 3 is 2.54 bits per heavy atom. The van der Waals surface area contributed by atoms with Crippen LogP contribution in [0.1, 0.15) is 40.9 Å². The van der Waals surface area contributed by atoms with E-state index in [9.17, 15) is 22.0 Å². The number of benzene rings is 1. The van der Waals surface area contributed by atoms with Crippen LogP contribution >= 0.6 is 23.1 Å².